The smallest absolute Gasteiger partial charge is 0.320 e. The van der Waals surface area contributed by atoms with Crippen LogP contribution in [0.1, 0.15) is 65.7 Å². The number of carboxylic acids is 3. The topological polar surface area (TPSA) is 176 Å². The van der Waals surface area contributed by atoms with Crippen molar-refractivity contribution in [2.75, 3.05) is 13.1 Å². The van der Waals surface area contributed by atoms with E-state index in [9.17, 15) is 14.4 Å². The van der Waals surface area contributed by atoms with E-state index in [-0.39, 0.29) is 6.54 Å². The highest BCUT2D eigenvalue weighted by atomic mass is 16.4. The molecule has 0 aromatic heterocycles. The maximum Gasteiger partial charge on any atom is 0.320 e. The molecule has 2 unspecified atom stereocenters. The Bertz CT molecular complexity index is 366. The van der Waals surface area contributed by atoms with Crippen molar-refractivity contribution in [2.45, 2.75) is 77.8 Å². The molecule has 0 saturated heterocycles. The van der Waals surface area contributed by atoms with Crippen molar-refractivity contribution in [3.63, 3.8) is 0 Å². The predicted molar refractivity (Wildman–Crippen MR) is 101 cm³/mol. The minimum absolute atomic E-state index is 0.0833. The van der Waals surface area contributed by atoms with Crippen molar-refractivity contribution in [1.82, 2.24) is 5.32 Å². The van der Waals surface area contributed by atoms with Gasteiger partial charge in [0.2, 0.25) is 0 Å². The Morgan fingerprint density at radius 2 is 1.27 bits per heavy atom. The minimum atomic E-state index is -0.910. The fourth-order valence-corrected chi connectivity index (χ4v) is 1.48. The summed E-state index contributed by atoms with van der Waals surface area (Å²) in [5.41, 5.74) is 10.3. The summed E-state index contributed by atoms with van der Waals surface area (Å²) in [5.74, 6) is -2.60. The summed E-state index contributed by atoms with van der Waals surface area (Å²) in [5, 5.41) is 27.4. The molecule has 156 valence electrons. The van der Waals surface area contributed by atoms with E-state index < -0.39 is 30.0 Å². The van der Waals surface area contributed by atoms with Gasteiger partial charge in [-0.3, -0.25) is 14.4 Å². The average molecular weight is 379 g/mol. The molecular formula is C17H37N3O6. The maximum absolute atomic E-state index is 10.1. The highest BCUT2D eigenvalue weighted by molar-refractivity contribution is 5.73. The normalized spacial score (nSPS) is 11.9. The molecule has 0 fully saturated rings. The molecule has 0 radical (unpaired) electrons. The van der Waals surface area contributed by atoms with Crippen LogP contribution >= 0.6 is 0 Å². The Labute approximate surface area is 156 Å². The van der Waals surface area contributed by atoms with Gasteiger partial charge in [0.1, 0.15) is 12.1 Å². The largest absolute Gasteiger partial charge is 0.480 e. The minimum Gasteiger partial charge on any atom is -0.480 e. The zero-order valence-electron chi connectivity index (χ0n) is 16.2. The van der Waals surface area contributed by atoms with Crippen molar-refractivity contribution >= 4 is 17.9 Å². The lowest BCUT2D eigenvalue weighted by molar-refractivity contribution is -0.139. The van der Waals surface area contributed by atoms with Crippen LogP contribution in [0, 0.1) is 0 Å². The number of hydrogen-bond acceptors (Lipinski definition) is 6. The molecule has 0 amide bonds. The number of carboxylic acid groups (broad SMARTS) is 3. The second-order valence-electron chi connectivity index (χ2n) is 5.74. The van der Waals surface area contributed by atoms with Crippen molar-refractivity contribution in [1.29, 1.82) is 0 Å². The molecule has 0 aliphatic heterocycles. The lowest BCUT2D eigenvalue weighted by Gasteiger charge is -2.02. The number of rotatable bonds is 12. The van der Waals surface area contributed by atoms with Crippen molar-refractivity contribution in [3.8, 4) is 0 Å². The number of nitrogens with two attached hydrogens (primary N) is 2. The van der Waals surface area contributed by atoms with E-state index in [1.807, 2.05) is 13.8 Å². The monoisotopic (exact) mass is 379 g/mol. The summed E-state index contributed by atoms with van der Waals surface area (Å²) < 4.78 is 0. The van der Waals surface area contributed by atoms with Crippen molar-refractivity contribution < 1.29 is 29.7 Å². The zero-order valence-corrected chi connectivity index (χ0v) is 16.2. The van der Waals surface area contributed by atoms with E-state index in [0.717, 1.165) is 38.6 Å². The van der Waals surface area contributed by atoms with Crippen LogP contribution in [0.5, 0.6) is 0 Å². The molecule has 9 heteroatoms. The first-order valence-electron chi connectivity index (χ1n) is 9.03. The van der Waals surface area contributed by atoms with Crippen LogP contribution in [0.4, 0.5) is 0 Å². The van der Waals surface area contributed by atoms with Crippen LogP contribution < -0.4 is 16.8 Å². The third kappa shape index (κ3) is 27.2. The van der Waals surface area contributed by atoms with Gasteiger partial charge < -0.3 is 32.1 Å². The molecule has 8 N–H and O–H groups in total. The molecule has 0 aromatic rings. The molecule has 26 heavy (non-hydrogen) atoms. The molecule has 0 spiro atoms. The molecule has 0 saturated carbocycles. The molecule has 0 aliphatic carbocycles. The van der Waals surface area contributed by atoms with Crippen LogP contribution in [-0.4, -0.2) is 58.4 Å². The highest BCUT2D eigenvalue weighted by Crippen LogP contribution is 1.97. The molecular weight excluding hydrogens is 342 g/mol. The Balaban J connectivity index is -0.000000306. The van der Waals surface area contributed by atoms with E-state index in [1.54, 1.807) is 0 Å². The molecule has 0 bridgehead atoms. The summed E-state index contributed by atoms with van der Waals surface area (Å²) in [4.78, 5) is 29.9. The SMILES string of the molecule is CCCC(N)C(=O)O.CCCCC(N)C(=O)O.CCCCNCC(=O)O. The summed E-state index contributed by atoms with van der Waals surface area (Å²) >= 11 is 0. The first kappa shape index (κ1) is 29.1. The number of unbranched alkanes of at least 4 members (excludes halogenated alkanes) is 2. The van der Waals surface area contributed by atoms with Gasteiger partial charge in [-0.05, 0) is 25.8 Å². The molecule has 2 atom stereocenters. The third-order valence-corrected chi connectivity index (χ3v) is 3.09. The second-order valence-corrected chi connectivity index (χ2v) is 5.74. The molecule has 0 heterocycles. The highest BCUT2D eigenvalue weighted by Gasteiger charge is 2.09. The van der Waals surface area contributed by atoms with Crippen LogP contribution in [-0.2, 0) is 14.4 Å². The average Bonchev–Trinajstić information content (AvgIpc) is 2.57. The maximum atomic E-state index is 10.1. The Hall–Kier alpha value is -1.71. The molecule has 0 aromatic carbocycles. The van der Waals surface area contributed by atoms with Crippen LogP contribution in [0.15, 0.2) is 0 Å². The fraction of sp³-hybridized carbons (Fsp3) is 0.824. The Morgan fingerprint density at radius 1 is 0.808 bits per heavy atom. The van der Waals surface area contributed by atoms with Gasteiger partial charge in [-0.25, -0.2) is 0 Å². The van der Waals surface area contributed by atoms with Crippen LogP contribution in [0.25, 0.3) is 0 Å². The summed E-state index contributed by atoms with van der Waals surface area (Å²) in [6.45, 7) is 6.88. The quantitative estimate of drug-likeness (QED) is 0.272. The van der Waals surface area contributed by atoms with Crippen LogP contribution in [0.2, 0.25) is 0 Å². The summed E-state index contributed by atoms with van der Waals surface area (Å²) in [6, 6.07) is -1.33. The summed E-state index contributed by atoms with van der Waals surface area (Å²) in [7, 11) is 0. The number of aliphatic carboxylic acids is 3. The lowest BCUT2D eigenvalue weighted by Crippen LogP contribution is -2.29. The van der Waals surface area contributed by atoms with Gasteiger partial charge in [0.25, 0.3) is 0 Å². The van der Waals surface area contributed by atoms with Gasteiger partial charge in [-0.15, -0.1) is 0 Å². The summed E-state index contributed by atoms with van der Waals surface area (Å²) in [6.07, 6.45) is 6.03. The third-order valence-electron chi connectivity index (χ3n) is 3.09. The first-order valence-corrected chi connectivity index (χ1v) is 9.03. The van der Waals surface area contributed by atoms with Crippen LogP contribution in [0.3, 0.4) is 0 Å². The van der Waals surface area contributed by atoms with Gasteiger partial charge in [0.05, 0.1) is 6.54 Å². The number of hydrogen-bond donors (Lipinski definition) is 6. The Kier molecular flexibility index (Phi) is 23.9. The number of nitrogens with one attached hydrogen (secondary N) is 1. The lowest BCUT2D eigenvalue weighted by atomic mass is 10.1. The van der Waals surface area contributed by atoms with E-state index in [2.05, 4.69) is 12.2 Å². The molecule has 9 nitrogen and oxygen atoms in total. The van der Waals surface area contributed by atoms with Gasteiger partial charge in [0.15, 0.2) is 0 Å². The van der Waals surface area contributed by atoms with Gasteiger partial charge >= 0.3 is 17.9 Å². The standard InChI is InChI=1S/2C6H13NO2.C5H11NO2/c1-2-3-4-7-5-6(8)9;1-2-3-4-5(7)6(8)9;1-2-3-4(6)5(7)8/h7H,2-5H2,1H3,(H,8,9);5H,2-4,7H2,1H3,(H,8,9);4H,2-3,6H2,1H3,(H,7,8). The zero-order chi connectivity index (χ0) is 21.0. The van der Waals surface area contributed by atoms with E-state index in [0.29, 0.717) is 12.8 Å². The number of carbonyl (C=O) groups is 3. The predicted octanol–water partition coefficient (Wildman–Crippen LogP) is 1.25. The first-order chi connectivity index (χ1) is 12.1. The van der Waals surface area contributed by atoms with Crippen molar-refractivity contribution in [2.24, 2.45) is 11.5 Å². The molecule has 0 rings (SSSR count). The second kappa shape index (κ2) is 21.3. The van der Waals surface area contributed by atoms with E-state index in [4.69, 9.17) is 26.8 Å². The van der Waals surface area contributed by atoms with E-state index in [1.165, 1.54) is 0 Å². The van der Waals surface area contributed by atoms with Gasteiger partial charge in [-0.2, -0.15) is 0 Å². The van der Waals surface area contributed by atoms with Gasteiger partial charge in [-0.1, -0.05) is 46.5 Å². The Morgan fingerprint density at radius 3 is 1.58 bits per heavy atom. The fourth-order valence-electron chi connectivity index (χ4n) is 1.48. The van der Waals surface area contributed by atoms with Gasteiger partial charge in [0, 0.05) is 0 Å². The van der Waals surface area contributed by atoms with E-state index >= 15 is 0 Å². The molecule has 0 aliphatic rings. The van der Waals surface area contributed by atoms with Crippen molar-refractivity contribution in [3.05, 3.63) is 0 Å².